The largest absolute Gasteiger partial charge is 0.525 e. The van der Waals surface area contributed by atoms with E-state index in [-0.39, 0.29) is 11.6 Å². The summed E-state index contributed by atoms with van der Waals surface area (Å²) in [6, 6.07) is 3.69. The average molecular weight is 333 g/mol. The highest BCUT2D eigenvalue weighted by Crippen LogP contribution is 2.42. The van der Waals surface area contributed by atoms with Crippen LogP contribution in [-0.4, -0.2) is 36.5 Å². The summed E-state index contributed by atoms with van der Waals surface area (Å²) in [6.45, 7) is 9.02. The minimum atomic E-state index is -0.971. The van der Waals surface area contributed by atoms with Crippen molar-refractivity contribution in [1.29, 1.82) is 0 Å². The first-order valence-electron chi connectivity index (χ1n) is 8.55. The summed E-state index contributed by atoms with van der Waals surface area (Å²) in [5.74, 6) is 0.0974. The Balaban J connectivity index is 1.99. The van der Waals surface area contributed by atoms with Gasteiger partial charge in [-0.1, -0.05) is 0 Å². The third-order valence-electron chi connectivity index (χ3n) is 5.34. The van der Waals surface area contributed by atoms with Crippen LogP contribution < -0.4 is 0 Å². The van der Waals surface area contributed by atoms with Crippen molar-refractivity contribution in [3.63, 3.8) is 0 Å². The molecule has 0 atom stereocenters. The fourth-order valence-corrected chi connectivity index (χ4v) is 3.16. The Labute approximate surface area is 143 Å². The van der Waals surface area contributed by atoms with Gasteiger partial charge < -0.3 is 14.0 Å². The molecular formula is C18H25BFNO3. The van der Waals surface area contributed by atoms with E-state index in [1.54, 1.807) is 12.4 Å². The van der Waals surface area contributed by atoms with Crippen molar-refractivity contribution in [3.8, 4) is 0 Å². The molecule has 0 aromatic carbocycles. The quantitative estimate of drug-likeness (QED) is 0.789. The maximum absolute atomic E-state index is 15.5. The molecule has 2 fully saturated rings. The molecule has 2 aliphatic heterocycles. The number of rotatable bonds is 3. The van der Waals surface area contributed by atoms with Crippen LogP contribution in [0.3, 0.4) is 0 Å². The Morgan fingerprint density at radius 1 is 1.08 bits per heavy atom. The highest BCUT2D eigenvalue weighted by atomic mass is 19.1. The lowest BCUT2D eigenvalue weighted by atomic mass is 9.76. The molecule has 0 spiro atoms. The molecule has 0 amide bonds. The van der Waals surface area contributed by atoms with E-state index in [4.69, 9.17) is 14.0 Å². The van der Waals surface area contributed by atoms with Gasteiger partial charge in [-0.25, -0.2) is 4.39 Å². The van der Waals surface area contributed by atoms with Crippen LogP contribution in [0.25, 0.3) is 5.57 Å². The SMILES string of the molecule is CC1(C)OB(C(F)=C(c2ccncc2)C2CCOCC2)OC1(C)C. The van der Waals surface area contributed by atoms with Gasteiger partial charge in [0.25, 0.3) is 0 Å². The Kier molecular flexibility index (Phi) is 4.82. The second-order valence-electron chi connectivity index (χ2n) is 7.47. The maximum atomic E-state index is 15.5. The van der Waals surface area contributed by atoms with E-state index in [1.807, 2.05) is 39.8 Å². The van der Waals surface area contributed by atoms with Gasteiger partial charge in [0.05, 0.1) is 11.2 Å². The number of hydrogen-bond acceptors (Lipinski definition) is 4. The van der Waals surface area contributed by atoms with Crippen molar-refractivity contribution in [2.75, 3.05) is 13.2 Å². The van der Waals surface area contributed by atoms with Crippen LogP contribution in [0.15, 0.2) is 30.3 Å². The normalized spacial score (nSPS) is 24.8. The zero-order valence-corrected chi connectivity index (χ0v) is 14.8. The number of nitrogens with zero attached hydrogens (tertiary/aromatic N) is 1. The van der Waals surface area contributed by atoms with Crippen LogP contribution in [0.1, 0.15) is 46.1 Å². The number of pyridine rings is 1. The van der Waals surface area contributed by atoms with Gasteiger partial charge in [-0.3, -0.25) is 4.98 Å². The van der Waals surface area contributed by atoms with Crippen molar-refractivity contribution < 1.29 is 18.4 Å². The molecule has 0 unspecified atom stereocenters. The first kappa shape index (κ1) is 17.6. The molecule has 6 heteroatoms. The van der Waals surface area contributed by atoms with E-state index < -0.39 is 18.3 Å². The van der Waals surface area contributed by atoms with Crippen LogP contribution in [-0.2, 0) is 14.0 Å². The minimum absolute atomic E-state index is 0.0974. The third-order valence-corrected chi connectivity index (χ3v) is 5.34. The lowest BCUT2D eigenvalue weighted by Crippen LogP contribution is -2.41. The van der Waals surface area contributed by atoms with E-state index in [1.165, 1.54) is 0 Å². The van der Waals surface area contributed by atoms with Gasteiger partial charge in [0.2, 0.25) is 0 Å². The Morgan fingerprint density at radius 3 is 2.17 bits per heavy atom. The molecule has 0 bridgehead atoms. The summed E-state index contributed by atoms with van der Waals surface area (Å²) >= 11 is 0. The van der Waals surface area contributed by atoms with Crippen molar-refractivity contribution in [1.82, 2.24) is 4.98 Å². The average Bonchev–Trinajstić information content (AvgIpc) is 2.78. The number of allylic oxidation sites excluding steroid dienone is 1. The Hall–Kier alpha value is -1.24. The van der Waals surface area contributed by atoms with Crippen molar-refractivity contribution in [3.05, 3.63) is 35.8 Å². The van der Waals surface area contributed by atoms with Gasteiger partial charge in [-0.2, -0.15) is 0 Å². The summed E-state index contributed by atoms with van der Waals surface area (Å²) in [4.78, 5) is 4.04. The van der Waals surface area contributed by atoms with Crippen molar-refractivity contribution >= 4 is 12.7 Å². The smallest absolute Gasteiger partial charge is 0.398 e. The maximum Gasteiger partial charge on any atom is 0.525 e. The van der Waals surface area contributed by atoms with Crippen LogP contribution in [0.4, 0.5) is 4.39 Å². The first-order valence-corrected chi connectivity index (χ1v) is 8.55. The van der Waals surface area contributed by atoms with Crippen LogP contribution in [0.2, 0.25) is 0 Å². The molecule has 3 rings (SSSR count). The molecule has 2 saturated heterocycles. The fourth-order valence-electron chi connectivity index (χ4n) is 3.16. The van der Waals surface area contributed by atoms with Gasteiger partial charge in [0.15, 0.2) is 0 Å². The summed E-state index contributed by atoms with van der Waals surface area (Å²) in [5, 5.41) is 0. The van der Waals surface area contributed by atoms with E-state index in [0.29, 0.717) is 18.8 Å². The molecule has 0 radical (unpaired) electrons. The van der Waals surface area contributed by atoms with Crippen molar-refractivity contribution in [2.24, 2.45) is 5.92 Å². The van der Waals surface area contributed by atoms with Gasteiger partial charge in [-0.15, -0.1) is 0 Å². The molecule has 0 aliphatic carbocycles. The van der Waals surface area contributed by atoms with Crippen LogP contribution in [0, 0.1) is 5.92 Å². The zero-order valence-electron chi connectivity index (χ0n) is 14.8. The number of aromatic nitrogens is 1. The van der Waals surface area contributed by atoms with Gasteiger partial charge in [-0.05, 0) is 69.7 Å². The molecule has 4 nitrogen and oxygen atoms in total. The monoisotopic (exact) mass is 333 g/mol. The lowest BCUT2D eigenvalue weighted by Gasteiger charge is -2.32. The topological polar surface area (TPSA) is 40.6 Å². The predicted molar refractivity (Wildman–Crippen MR) is 91.9 cm³/mol. The summed E-state index contributed by atoms with van der Waals surface area (Å²) < 4.78 is 32.8. The summed E-state index contributed by atoms with van der Waals surface area (Å²) in [6.07, 6.45) is 4.97. The molecule has 0 saturated carbocycles. The molecule has 1 aromatic rings. The van der Waals surface area contributed by atoms with Gasteiger partial charge >= 0.3 is 7.12 Å². The minimum Gasteiger partial charge on any atom is -0.398 e. The zero-order chi connectivity index (χ0) is 17.4. The Bertz CT molecular complexity index is 596. The molecule has 3 heterocycles. The molecule has 2 aliphatic rings. The first-order chi connectivity index (χ1) is 11.3. The van der Waals surface area contributed by atoms with Crippen LogP contribution >= 0.6 is 0 Å². The van der Waals surface area contributed by atoms with Crippen molar-refractivity contribution in [2.45, 2.75) is 51.7 Å². The molecule has 0 N–H and O–H groups in total. The van der Waals surface area contributed by atoms with Crippen LogP contribution in [0.5, 0.6) is 0 Å². The van der Waals surface area contributed by atoms with E-state index in [2.05, 4.69) is 4.98 Å². The standard InChI is InChI=1S/C18H25BFNO3/c1-17(2)18(3,4)24-19(23-17)16(20)15(13-5-9-21-10-6-13)14-7-11-22-12-8-14/h5-6,9-10,14H,7-8,11-12H2,1-4H3. The molecule has 24 heavy (non-hydrogen) atoms. The van der Waals surface area contributed by atoms with Gasteiger partial charge in [0, 0.05) is 25.6 Å². The molecule has 1 aromatic heterocycles. The number of hydrogen-bond donors (Lipinski definition) is 0. The molecule has 130 valence electrons. The predicted octanol–water partition coefficient (Wildman–Crippen LogP) is 3.82. The van der Waals surface area contributed by atoms with Gasteiger partial charge in [0.1, 0.15) is 5.73 Å². The number of ether oxygens (including phenoxy) is 1. The fraction of sp³-hybridized carbons (Fsp3) is 0.611. The highest BCUT2D eigenvalue weighted by Gasteiger charge is 2.53. The molecular weight excluding hydrogens is 308 g/mol. The third kappa shape index (κ3) is 3.28. The second kappa shape index (κ2) is 6.58. The van der Waals surface area contributed by atoms with E-state index in [9.17, 15) is 0 Å². The summed E-state index contributed by atoms with van der Waals surface area (Å²) in [5.41, 5.74) is 0.0530. The number of halogens is 1. The highest BCUT2D eigenvalue weighted by molar-refractivity contribution is 6.55. The Morgan fingerprint density at radius 2 is 1.62 bits per heavy atom. The summed E-state index contributed by atoms with van der Waals surface area (Å²) in [7, 11) is -0.971. The lowest BCUT2D eigenvalue weighted by molar-refractivity contribution is 0.00578. The second-order valence-corrected chi connectivity index (χ2v) is 7.47. The van der Waals surface area contributed by atoms with E-state index >= 15 is 4.39 Å². The van der Waals surface area contributed by atoms with E-state index in [0.717, 1.165) is 18.4 Å².